The van der Waals surface area contributed by atoms with Crippen LogP contribution in [0.3, 0.4) is 0 Å². The van der Waals surface area contributed by atoms with Gasteiger partial charge in [0, 0.05) is 11.6 Å². The predicted octanol–water partition coefficient (Wildman–Crippen LogP) is 4.58. The van der Waals surface area contributed by atoms with Gasteiger partial charge in [-0.25, -0.2) is 9.97 Å². The lowest BCUT2D eigenvalue weighted by Gasteiger charge is -2.13. The van der Waals surface area contributed by atoms with Crippen molar-refractivity contribution < 1.29 is 22.5 Å². The molecule has 10 heteroatoms. The number of hydrogen-bond acceptors (Lipinski definition) is 6. The van der Waals surface area contributed by atoms with Gasteiger partial charge in [0.15, 0.2) is 11.0 Å². The molecule has 3 aromatic rings. The molecule has 1 atom stereocenters. The molecule has 0 aliphatic rings. The van der Waals surface area contributed by atoms with E-state index < -0.39 is 23.0 Å². The summed E-state index contributed by atoms with van der Waals surface area (Å²) in [6.07, 6.45) is -4.63. The van der Waals surface area contributed by atoms with Crippen LogP contribution in [0.25, 0.3) is 11.3 Å². The SMILES string of the molecule is Cc1cc(NC(=O)[C@H](C)Sc2nc(-c3ccccc3)cc(C(F)(F)F)n2)no1. The largest absolute Gasteiger partial charge is 0.433 e. The summed E-state index contributed by atoms with van der Waals surface area (Å²) < 4.78 is 44.6. The Morgan fingerprint density at radius 2 is 1.89 bits per heavy atom. The van der Waals surface area contributed by atoms with E-state index in [0.29, 0.717) is 11.3 Å². The van der Waals surface area contributed by atoms with Crippen molar-refractivity contribution in [3.63, 3.8) is 0 Å². The Morgan fingerprint density at radius 1 is 1.18 bits per heavy atom. The zero-order valence-corrected chi connectivity index (χ0v) is 15.6. The number of thioether (sulfide) groups is 1. The van der Waals surface area contributed by atoms with Crippen molar-refractivity contribution in [1.82, 2.24) is 15.1 Å². The van der Waals surface area contributed by atoms with Crippen LogP contribution >= 0.6 is 11.8 Å². The van der Waals surface area contributed by atoms with Gasteiger partial charge in [-0.2, -0.15) is 13.2 Å². The van der Waals surface area contributed by atoms with Gasteiger partial charge < -0.3 is 9.84 Å². The van der Waals surface area contributed by atoms with Crippen molar-refractivity contribution >= 4 is 23.5 Å². The minimum absolute atomic E-state index is 0.130. The van der Waals surface area contributed by atoms with Crippen molar-refractivity contribution in [3.05, 3.63) is 53.9 Å². The van der Waals surface area contributed by atoms with E-state index in [9.17, 15) is 18.0 Å². The van der Waals surface area contributed by atoms with Gasteiger partial charge in [-0.1, -0.05) is 47.3 Å². The van der Waals surface area contributed by atoms with Gasteiger partial charge in [0.2, 0.25) is 5.91 Å². The van der Waals surface area contributed by atoms with E-state index in [0.717, 1.165) is 17.8 Å². The topological polar surface area (TPSA) is 80.9 Å². The summed E-state index contributed by atoms with van der Waals surface area (Å²) in [5, 5.41) is 5.27. The number of carbonyl (C=O) groups is 1. The first-order valence-corrected chi connectivity index (χ1v) is 9.03. The number of halogens is 3. The molecule has 1 N–H and O–H groups in total. The number of aromatic nitrogens is 3. The maximum atomic E-state index is 13.3. The van der Waals surface area contributed by atoms with Crippen LogP contribution in [0.5, 0.6) is 0 Å². The van der Waals surface area contributed by atoms with E-state index in [1.54, 1.807) is 44.2 Å². The fourth-order valence-corrected chi connectivity index (χ4v) is 3.03. The maximum absolute atomic E-state index is 13.3. The molecule has 1 aromatic carbocycles. The molecule has 6 nitrogen and oxygen atoms in total. The summed E-state index contributed by atoms with van der Waals surface area (Å²) in [6.45, 7) is 3.21. The van der Waals surface area contributed by atoms with Crippen molar-refractivity contribution in [2.75, 3.05) is 5.32 Å². The Labute approximate surface area is 162 Å². The number of alkyl halides is 3. The highest BCUT2D eigenvalue weighted by molar-refractivity contribution is 8.00. The number of amides is 1. The standard InChI is InChI=1S/C18H15F3N4O2S/c1-10-8-15(25-27-10)24-16(26)11(2)28-17-22-13(12-6-4-3-5-7-12)9-14(23-17)18(19,20)21/h3-9,11H,1-2H3,(H,24,25,26)/t11-/m0/s1. The van der Waals surface area contributed by atoms with E-state index in [4.69, 9.17) is 4.52 Å². The van der Waals surface area contributed by atoms with E-state index >= 15 is 0 Å². The molecule has 0 fully saturated rings. The number of anilines is 1. The third-order valence-corrected chi connectivity index (χ3v) is 4.56. The molecule has 1 amide bonds. The van der Waals surface area contributed by atoms with Gasteiger partial charge in [-0.3, -0.25) is 4.79 Å². The van der Waals surface area contributed by atoms with Crippen LogP contribution < -0.4 is 5.32 Å². The Morgan fingerprint density at radius 3 is 2.50 bits per heavy atom. The van der Waals surface area contributed by atoms with Crippen LogP contribution in [0.2, 0.25) is 0 Å². The average molecular weight is 408 g/mol. The number of nitrogens with one attached hydrogen (secondary N) is 1. The molecule has 0 saturated carbocycles. The second kappa shape index (κ2) is 8.01. The monoisotopic (exact) mass is 408 g/mol. The third-order valence-electron chi connectivity index (χ3n) is 3.60. The molecule has 146 valence electrons. The summed E-state index contributed by atoms with van der Waals surface area (Å²) in [7, 11) is 0. The van der Waals surface area contributed by atoms with Crippen molar-refractivity contribution in [2.45, 2.75) is 30.4 Å². The lowest BCUT2D eigenvalue weighted by molar-refractivity contribution is -0.141. The molecule has 0 bridgehead atoms. The number of carbonyl (C=O) groups excluding carboxylic acids is 1. The third kappa shape index (κ3) is 4.89. The molecular weight excluding hydrogens is 393 g/mol. The molecule has 2 aromatic heterocycles. The molecule has 0 unspecified atom stereocenters. The number of aryl methyl sites for hydroxylation is 1. The number of rotatable bonds is 5. The summed E-state index contributed by atoms with van der Waals surface area (Å²) in [6, 6.07) is 10.9. The Hall–Kier alpha value is -2.88. The molecule has 0 saturated heterocycles. The summed E-state index contributed by atoms with van der Waals surface area (Å²) in [5.74, 6) is 0.287. The van der Waals surface area contributed by atoms with Gasteiger partial charge in [0.05, 0.1) is 10.9 Å². The maximum Gasteiger partial charge on any atom is 0.433 e. The van der Waals surface area contributed by atoms with E-state index in [1.807, 2.05) is 0 Å². The Bertz CT molecular complexity index is 976. The van der Waals surface area contributed by atoms with Crippen molar-refractivity contribution in [2.24, 2.45) is 0 Å². The van der Waals surface area contributed by atoms with E-state index in [-0.39, 0.29) is 16.7 Å². The molecule has 0 spiro atoms. The lowest BCUT2D eigenvalue weighted by atomic mass is 10.1. The van der Waals surface area contributed by atoms with Crippen LogP contribution in [0.1, 0.15) is 18.4 Å². The van der Waals surface area contributed by atoms with Crippen molar-refractivity contribution in [1.29, 1.82) is 0 Å². The van der Waals surface area contributed by atoms with Crippen LogP contribution in [0, 0.1) is 6.92 Å². The zero-order valence-electron chi connectivity index (χ0n) is 14.8. The number of benzene rings is 1. The highest BCUT2D eigenvalue weighted by atomic mass is 32.2. The molecular formula is C18H15F3N4O2S. The quantitative estimate of drug-likeness (QED) is 0.492. The molecule has 0 aliphatic heterocycles. The summed E-state index contributed by atoms with van der Waals surface area (Å²) in [5.41, 5.74) is -0.416. The van der Waals surface area contributed by atoms with Crippen LogP contribution in [0.15, 0.2) is 52.1 Å². The fraction of sp³-hybridized carbons (Fsp3) is 0.222. The fourth-order valence-electron chi connectivity index (χ4n) is 2.24. The molecule has 28 heavy (non-hydrogen) atoms. The normalized spacial score (nSPS) is 12.6. The first-order valence-electron chi connectivity index (χ1n) is 8.15. The minimum Gasteiger partial charge on any atom is -0.360 e. The first kappa shape index (κ1) is 19.9. The van der Waals surface area contributed by atoms with Crippen LogP contribution in [-0.4, -0.2) is 26.3 Å². The summed E-state index contributed by atoms with van der Waals surface area (Å²) in [4.78, 5) is 20.0. The van der Waals surface area contributed by atoms with Gasteiger partial charge in [-0.05, 0) is 19.9 Å². The van der Waals surface area contributed by atoms with Crippen LogP contribution in [-0.2, 0) is 11.0 Å². The van der Waals surface area contributed by atoms with Gasteiger partial charge in [0.1, 0.15) is 11.5 Å². The number of nitrogens with zero attached hydrogens (tertiary/aromatic N) is 3. The summed E-state index contributed by atoms with van der Waals surface area (Å²) >= 11 is 0.824. The number of hydrogen-bond donors (Lipinski definition) is 1. The molecule has 0 radical (unpaired) electrons. The molecule has 0 aliphatic carbocycles. The highest BCUT2D eigenvalue weighted by Crippen LogP contribution is 2.33. The predicted molar refractivity (Wildman–Crippen MR) is 97.7 cm³/mol. The van der Waals surface area contributed by atoms with Crippen molar-refractivity contribution in [3.8, 4) is 11.3 Å². The van der Waals surface area contributed by atoms with Gasteiger partial charge in [-0.15, -0.1) is 0 Å². The minimum atomic E-state index is -4.63. The molecule has 3 rings (SSSR count). The smallest absolute Gasteiger partial charge is 0.360 e. The zero-order chi connectivity index (χ0) is 20.3. The van der Waals surface area contributed by atoms with Crippen LogP contribution in [0.4, 0.5) is 19.0 Å². The highest BCUT2D eigenvalue weighted by Gasteiger charge is 2.34. The second-order valence-electron chi connectivity index (χ2n) is 5.86. The Kier molecular flexibility index (Phi) is 5.68. The second-order valence-corrected chi connectivity index (χ2v) is 7.16. The average Bonchev–Trinajstić information content (AvgIpc) is 3.06. The Balaban J connectivity index is 1.84. The lowest BCUT2D eigenvalue weighted by Crippen LogP contribution is -2.23. The first-order chi connectivity index (χ1) is 13.2. The van der Waals surface area contributed by atoms with Gasteiger partial charge >= 0.3 is 6.18 Å². The van der Waals surface area contributed by atoms with Gasteiger partial charge in [0.25, 0.3) is 0 Å². The van der Waals surface area contributed by atoms with E-state index in [2.05, 4.69) is 20.4 Å². The van der Waals surface area contributed by atoms with E-state index in [1.165, 1.54) is 6.07 Å². The molecule has 2 heterocycles.